The summed E-state index contributed by atoms with van der Waals surface area (Å²) in [7, 11) is 1.54. The van der Waals surface area contributed by atoms with Crippen LogP contribution in [-0.4, -0.2) is 65.3 Å². The van der Waals surface area contributed by atoms with E-state index in [1.807, 2.05) is 11.0 Å². The number of methoxy groups -OCH3 is 1. The lowest BCUT2D eigenvalue weighted by molar-refractivity contribution is 0.0253. The molecule has 0 bridgehead atoms. The van der Waals surface area contributed by atoms with Gasteiger partial charge in [-0.1, -0.05) is 0 Å². The summed E-state index contributed by atoms with van der Waals surface area (Å²) >= 11 is 0. The van der Waals surface area contributed by atoms with Crippen molar-refractivity contribution in [1.29, 1.82) is 5.26 Å². The van der Waals surface area contributed by atoms with Gasteiger partial charge in [0.2, 0.25) is 0 Å². The molecule has 0 saturated carbocycles. The molecule has 10 nitrogen and oxygen atoms in total. The van der Waals surface area contributed by atoms with Crippen LogP contribution in [0.2, 0.25) is 0 Å². The molecule has 0 N–H and O–H groups in total. The number of hydrogen-bond donors (Lipinski definition) is 0. The Labute approximate surface area is 231 Å². The zero-order valence-corrected chi connectivity index (χ0v) is 22.3. The summed E-state index contributed by atoms with van der Waals surface area (Å²) in [6.07, 6.45) is 7.95. The van der Waals surface area contributed by atoms with Crippen LogP contribution in [0, 0.1) is 11.3 Å². The number of rotatable bonds is 6. The predicted octanol–water partition coefficient (Wildman–Crippen LogP) is 5.02. The number of carbonyl (C=O) groups excluding carboxylic acids is 1. The van der Waals surface area contributed by atoms with Crippen molar-refractivity contribution in [3.05, 3.63) is 54.0 Å². The topological polar surface area (TPSA) is 124 Å². The van der Waals surface area contributed by atoms with Gasteiger partial charge in [-0.05, 0) is 43.5 Å². The molecule has 2 aliphatic heterocycles. The maximum atomic E-state index is 13.0. The molecule has 2 saturated heterocycles. The van der Waals surface area contributed by atoms with Gasteiger partial charge in [-0.3, -0.25) is 9.78 Å². The lowest BCUT2D eigenvalue weighted by atomic mass is 10.1. The van der Waals surface area contributed by atoms with E-state index in [0.717, 1.165) is 45.2 Å². The molecule has 40 heavy (non-hydrogen) atoms. The normalized spacial score (nSPS) is 16.1. The molecule has 4 aromatic heterocycles. The third-order valence-electron chi connectivity index (χ3n) is 7.31. The molecule has 0 radical (unpaired) electrons. The fourth-order valence-corrected chi connectivity index (χ4v) is 5.18. The molecular weight excluding hydrogens is 510 g/mol. The highest BCUT2D eigenvalue weighted by atomic mass is 16.5. The molecule has 204 valence electrons. The Hall–Kier alpha value is -4.49. The fraction of sp³-hybridized carbons (Fsp3) is 0.367. The average Bonchev–Trinajstić information content (AvgIpc) is 3.46. The van der Waals surface area contributed by atoms with Crippen LogP contribution in [0.3, 0.4) is 0 Å². The summed E-state index contributed by atoms with van der Waals surface area (Å²) in [4.78, 5) is 28.5. The first-order chi connectivity index (χ1) is 19.6. The van der Waals surface area contributed by atoms with E-state index >= 15 is 0 Å². The van der Waals surface area contributed by atoms with Crippen molar-refractivity contribution < 1.29 is 23.4 Å². The van der Waals surface area contributed by atoms with E-state index < -0.39 is 0 Å². The van der Waals surface area contributed by atoms with Gasteiger partial charge in [-0.25, -0.2) is 9.97 Å². The molecule has 2 aliphatic rings. The van der Waals surface area contributed by atoms with Gasteiger partial charge >= 0.3 is 0 Å². The van der Waals surface area contributed by atoms with Gasteiger partial charge in [0.05, 0.1) is 31.6 Å². The molecule has 2 fully saturated rings. The van der Waals surface area contributed by atoms with Crippen LogP contribution in [0.5, 0.6) is 11.5 Å². The van der Waals surface area contributed by atoms with Gasteiger partial charge in [-0.15, -0.1) is 0 Å². The van der Waals surface area contributed by atoms with E-state index in [0.29, 0.717) is 64.1 Å². The van der Waals surface area contributed by atoms with Gasteiger partial charge in [0.15, 0.2) is 22.8 Å². The Morgan fingerprint density at radius 2 is 1.90 bits per heavy atom. The minimum absolute atomic E-state index is 0.00206. The quantitative estimate of drug-likeness (QED) is 0.332. The molecule has 6 heterocycles. The maximum absolute atomic E-state index is 13.0. The fourth-order valence-electron chi connectivity index (χ4n) is 5.18. The molecular formula is C30H29N5O5. The number of pyridine rings is 3. The third kappa shape index (κ3) is 5.08. The van der Waals surface area contributed by atoms with Crippen molar-refractivity contribution in [3.8, 4) is 40.3 Å². The Morgan fingerprint density at radius 3 is 2.67 bits per heavy atom. The molecule has 1 amide bonds. The molecule has 0 unspecified atom stereocenters. The highest BCUT2D eigenvalue weighted by Gasteiger charge is 2.23. The van der Waals surface area contributed by atoms with Crippen molar-refractivity contribution in [3.63, 3.8) is 0 Å². The maximum Gasteiger partial charge on any atom is 0.255 e. The van der Waals surface area contributed by atoms with E-state index in [4.69, 9.17) is 18.6 Å². The highest BCUT2D eigenvalue weighted by Crippen LogP contribution is 2.37. The van der Waals surface area contributed by atoms with Crippen molar-refractivity contribution in [1.82, 2.24) is 19.9 Å². The third-order valence-corrected chi connectivity index (χ3v) is 7.31. The van der Waals surface area contributed by atoms with Crippen molar-refractivity contribution in [2.45, 2.75) is 38.2 Å². The van der Waals surface area contributed by atoms with E-state index in [9.17, 15) is 10.1 Å². The number of furan rings is 1. The Kier molecular flexibility index (Phi) is 7.29. The lowest BCUT2D eigenvalue weighted by Crippen LogP contribution is -2.35. The van der Waals surface area contributed by atoms with Gasteiger partial charge < -0.3 is 23.5 Å². The van der Waals surface area contributed by atoms with Crippen LogP contribution < -0.4 is 9.47 Å². The second-order valence-corrected chi connectivity index (χ2v) is 9.90. The molecule has 0 aromatic carbocycles. The summed E-state index contributed by atoms with van der Waals surface area (Å²) in [6.45, 7) is 2.80. The molecule has 10 heteroatoms. The molecule has 0 spiro atoms. The van der Waals surface area contributed by atoms with Crippen molar-refractivity contribution in [2.75, 3.05) is 33.4 Å². The first-order valence-corrected chi connectivity index (χ1v) is 13.5. The van der Waals surface area contributed by atoms with Gasteiger partial charge in [-0.2, -0.15) is 5.26 Å². The van der Waals surface area contributed by atoms with Gasteiger partial charge in [0, 0.05) is 50.0 Å². The number of nitrogens with zero attached hydrogens (tertiary/aromatic N) is 5. The number of nitriles is 1. The summed E-state index contributed by atoms with van der Waals surface area (Å²) < 4.78 is 23.3. The van der Waals surface area contributed by atoms with Crippen LogP contribution in [0.4, 0.5) is 0 Å². The number of carbonyl (C=O) groups is 1. The second-order valence-electron chi connectivity index (χ2n) is 9.90. The standard InChI is InChI=1S/C30H29N5O5/c1-37-26-15-19(30(36)35-11-3-2-4-12-35)18-33-28(26)27-16-23-29(40-27)21(7-10-32-23)22-5-6-25(24(17-31)34-22)39-20-8-13-38-14-9-20/h5-7,10,15-16,18,20H,2-4,8-9,11-14H2,1H3. The SMILES string of the molecule is COc1cc(C(=O)N2CCCCC2)cnc1-c1cc2nccc(-c3ccc(OC4CCOCC4)c(C#N)n3)c2o1. The first kappa shape index (κ1) is 25.8. The zero-order valence-electron chi connectivity index (χ0n) is 22.3. The number of aromatic nitrogens is 3. The van der Waals surface area contributed by atoms with E-state index in [-0.39, 0.29) is 17.7 Å². The molecule has 0 atom stereocenters. The first-order valence-electron chi connectivity index (χ1n) is 13.5. The number of ether oxygens (including phenoxy) is 3. The van der Waals surface area contributed by atoms with Crippen LogP contribution in [0.15, 0.2) is 47.1 Å². The van der Waals surface area contributed by atoms with Crippen LogP contribution in [0.25, 0.3) is 33.8 Å². The van der Waals surface area contributed by atoms with E-state index in [1.165, 1.54) is 0 Å². The Bertz CT molecular complexity index is 1580. The summed E-state index contributed by atoms with van der Waals surface area (Å²) in [5.41, 5.74) is 3.50. The number of amides is 1. The Balaban J connectivity index is 1.31. The van der Waals surface area contributed by atoms with Crippen LogP contribution in [0.1, 0.15) is 48.2 Å². The highest BCUT2D eigenvalue weighted by molar-refractivity contribution is 5.95. The Morgan fingerprint density at radius 1 is 1.07 bits per heavy atom. The number of likely N-dealkylation sites (tertiary alicyclic amines) is 1. The summed E-state index contributed by atoms with van der Waals surface area (Å²) in [5, 5.41) is 9.79. The predicted molar refractivity (Wildman–Crippen MR) is 146 cm³/mol. The number of hydrogen-bond acceptors (Lipinski definition) is 9. The smallest absolute Gasteiger partial charge is 0.255 e. The van der Waals surface area contributed by atoms with Crippen LogP contribution >= 0.6 is 0 Å². The minimum Gasteiger partial charge on any atom is -0.494 e. The van der Waals surface area contributed by atoms with E-state index in [1.54, 1.807) is 43.8 Å². The summed E-state index contributed by atoms with van der Waals surface area (Å²) in [5.74, 6) is 1.29. The van der Waals surface area contributed by atoms with Crippen molar-refractivity contribution in [2.24, 2.45) is 0 Å². The summed E-state index contributed by atoms with van der Waals surface area (Å²) in [6, 6.07) is 11.0. The zero-order chi connectivity index (χ0) is 27.5. The van der Waals surface area contributed by atoms with Crippen molar-refractivity contribution >= 4 is 17.0 Å². The number of piperidine rings is 1. The van der Waals surface area contributed by atoms with Crippen LogP contribution in [-0.2, 0) is 4.74 Å². The van der Waals surface area contributed by atoms with E-state index in [2.05, 4.69) is 21.0 Å². The molecule has 0 aliphatic carbocycles. The number of fused-ring (bicyclic) bond motifs is 1. The second kappa shape index (κ2) is 11.3. The lowest BCUT2D eigenvalue weighted by Gasteiger charge is -2.26. The largest absolute Gasteiger partial charge is 0.494 e. The minimum atomic E-state index is -0.0470. The van der Waals surface area contributed by atoms with Gasteiger partial charge in [0.25, 0.3) is 5.91 Å². The average molecular weight is 540 g/mol. The molecule has 4 aromatic rings. The monoisotopic (exact) mass is 539 g/mol. The van der Waals surface area contributed by atoms with Gasteiger partial charge in [0.1, 0.15) is 29.1 Å². The molecule has 6 rings (SSSR count).